The van der Waals surface area contributed by atoms with Crippen LogP contribution in [0.15, 0.2) is 52.7 Å². The highest BCUT2D eigenvalue weighted by molar-refractivity contribution is 7.89. The van der Waals surface area contributed by atoms with Crippen molar-refractivity contribution in [1.29, 1.82) is 0 Å². The number of benzene rings is 1. The van der Waals surface area contributed by atoms with Gasteiger partial charge in [0.05, 0.1) is 18.0 Å². The van der Waals surface area contributed by atoms with Crippen molar-refractivity contribution in [1.82, 2.24) is 14.9 Å². The summed E-state index contributed by atoms with van der Waals surface area (Å²) in [7, 11) is -3.84. The summed E-state index contributed by atoms with van der Waals surface area (Å²) in [5.41, 5.74) is -0.462. The van der Waals surface area contributed by atoms with Crippen LogP contribution in [0.5, 0.6) is 0 Å². The lowest BCUT2D eigenvalue weighted by molar-refractivity contribution is -0.142. The SMILES string of the molecule is CC(C)[C@H](C(=O)NC(C)(C)C)N(Cc1cccs1)C(=O)CNS(=O)(=O)c1ccccc1. The van der Waals surface area contributed by atoms with E-state index in [2.05, 4.69) is 10.0 Å². The summed E-state index contributed by atoms with van der Waals surface area (Å²) >= 11 is 1.48. The van der Waals surface area contributed by atoms with Crippen molar-refractivity contribution in [2.24, 2.45) is 5.92 Å². The summed E-state index contributed by atoms with van der Waals surface area (Å²) in [6.07, 6.45) is 0. The van der Waals surface area contributed by atoms with Crippen molar-refractivity contribution in [3.8, 4) is 0 Å². The Morgan fingerprint density at radius 3 is 2.23 bits per heavy atom. The molecular weight excluding hydrogens is 434 g/mol. The molecule has 0 saturated heterocycles. The molecule has 2 rings (SSSR count). The minimum Gasteiger partial charge on any atom is -0.350 e. The van der Waals surface area contributed by atoms with E-state index in [4.69, 9.17) is 0 Å². The number of rotatable bonds is 9. The van der Waals surface area contributed by atoms with Crippen LogP contribution in [0.1, 0.15) is 39.5 Å². The van der Waals surface area contributed by atoms with E-state index in [0.29, 0.717) is 0 Å². The molecule has 31 heavy (non-hydrogen) atoms. The van der Waals surface area contributed by atoms with Gasteiger partial charge in [-0.2, -0.15) is 0 Å². The number of nitrogens with zero attached hydrogens (tertiary/aromatic N) is 1. The average Bonchev–Trinajstić information content (AvgIpc) is 3.18. The van der Waals surface area contributed by atoms with Crippen LogP contribution in [0.25, 0.3) is 0 Å². The first-order chi connectivity index (χ1) is 14.4. The molecule has 2 N–H and O–H groups in total. The second-order valence-electron chi connectivity index (χ2n) is 8.67. The van der Waals surface area contributed by atoms with Crippen LogP contribution in [-0.2, 0) is 26.2 Å². The summed E-state index contributed by atoms with van der Waals surface area (Å²) in [5, 5.41) is 4.84. The van der Waals surface area contributed by atoms with Gasteiger partial charge in [-0.05, 0) is 50.3 Å². The van der Waals surface area contributed by atoms with Crippen molar-refractivity contribution in [2.45, 2.75) is 57.6 Å². The van der Waals surface area contributed by atoms with E-state index < -0.39 is 34.1 Å². The number of hydrogen-bond acceptors (Lipinski definition) is 5. The van der Waals surface area contributed by atoms with Crippen LogP contribution in [0.3, 0.4) is 0 Å². The van der Waals surface area contributed by atoms with E-state index >= 15 is 0 Å². The van der Waals surface area contributed by atoms with Crippen LogP contribution in [0.4, 0.5) is 0 Å². The first kappa shape index (κ1) is 25.0. The summed E-state index contributed by atoms with van der Waals surface area (Å²) < 4.78 is 27.5. The Morgan fingerprint density at radius 2 is 1.71 bits per heavy atom. The third-order valence-electron chi connectivity index (χ3n) is 4.43. The number of nitrogens with one attached hydrogen (secondary N) is 2. The lowest BCUT2D eigenvalue weighted by Crippen LogP contribution is -2.56. The highest BCUT2D eigenvalue weighted by Crippen LogP contribution is 2.20. The van der Waals surface area contributed by atoms with Crippen LogP contribution < -0.4 is 10.0 Å². The highest BCUT2D eigenvalue weighted by Gasteiger charge is 2.34. The number of sulfonamides is 1. The van der Waals surface area contributed by atoms with Gasteiger partial charge in [0.2, 0.25) is 21.8 Å². The van der Waals surface area contributed by atoms with Gasteiger partial charge in [0, 0.05) is 10.4 Å². The zero-order valence-corrected chi connectivity index (χ0v) is 20.2. The van der Waals surface area contributed by atoms with Gasteiger partial charge >= 0.3 is 0 Å². The lowest BCUT2D eigenvalue weighted by Gasteiger charge is -2.35. The van der Waals surface area contributed by atoms with Gasteiger partial charge in [-0.1, -0.05) is 38.1 Å². The fraction of sp³-hybridized carbons (Fsp3) is 0.455. The van der Waals surface area contributed by atoms with Gasteiger partial charge in [0.15, 0.2) is 0 Å². The predicted molar refractivity (Wildman–Crippen MR) is 123 cm³/mol. The molecule has 1 heterocycles. The molecule has 0 aliphatic heterocycles. The molecule has 2 amide bonds. The van der Waals surface area contributed by atoms with Crippen molar-refractivity contribution in [2.75, 3.05) is 6.54 Å². The third-order valence-corrected chi connectivity index (χ3v) is 6.71. The second-order valence-corrected chi connectivity index (χ2v) is 11.5. The molecule has 0 aliphatic carbocycles. The molecular formula is C22H31N3O4S2. The van der Waals surface area contributed by atoms with Gasteiger partial charge in [-0.25, -0.2) is 13.1 Å². The molecule has 9 heteroatoms. The average molecular weight is 466 g/mol. The summed E-state index contributed by atoms with van der Waals surface area (Å²) in [6, 6.07) is 10.9. The number of carbonyl (C=O) groups excluding carboxylic acids is 2. The molecule has 7 nitrogen and oxygen atoms in total. The summed E-state index contributed by atoms with van der Waals surface area (Å²) in [4.78, 5) is 28.7. The Labute approximate surface area is 188 Å². The maximum absolute atomic E-state index is 13.2. The summed E-state index contributed by atoms with van der Waals surface area (Å²) in [6.45, 7) is 9.16. The van der Waals surface area contributed by atoms with Gasteiger partial charge in [-0.3, -0.25) is 9.59 Å². The van der Waals surface area contributed by atoms with Gasteiger partial charge in [-0.15, -0.1) is 11.3 Å². The Hall–Kier alpha value is -2.23. The second kappa shape index (κ2) is 10.4. The third kappa shape index (κ3) is 7.45. The maximum atomic E-state index is 13.2. The predicted octanol–water partition coefficient (Wildman–Crippen LogP) is 2.99. The zero-order chi connectivity index (χ0) is 23.2. The molecule has 2 aromatic rings. The van der Waals surface area contributed by atoms with Crippen molar-refractivity contribution < 1.29 is 18.0 Å². The molecule has 0 spiro atoms. The Kier molecular flexibility index (Phi) is 8.39. The quantitative estimate of drug-likeness (QED) is 0.595. The number of carbonyl (C=O) groups is 2. The highest BCUT2D eigenvalue weighted by atomic mass is 32.2. The van der Waals surface area contributed by atoms with Gasteiger partial charge in [0.1, 0.15) is 6.04 Å². The normalized spacial score (nSPS) is 13.1. The van der Waals surface area contributed by atoms with Crippen LogP contribution in [-0.4, -0.2) is 43.3 Å². The Morgan fingerprint density at radius 1 is 1.06 bits per heavy atom. The molecule has 0 aliphatic rings. The molecule has 0 radical (unpaired) electrons. The molecule has 1 atom stereocenters. The Balaban J connectivity index is 2.27. The summed E-state index contributed by atoms with van der Waals surface area (Å²) in [5.74, 6) is -0.897. The van der Waals surface area contributed by atoms with E-state index in [9.17, 15) is 18.0 Å². The van der Waals surface area contributed by atoms with E-state index in [-0.39, 0.29) is 23.3 Å². The van der Waals surface area contributed by atoms with Crippen molar-refractivity contribution in [3.63, 3.8) is 0 Å². The molecule has 1 aromatic carbocycles. The Bertz CT molecular complexity index is 966. The minimum atomic E-state index is -3.84. The molecule has 0 saturated carbocycles. The van der Waals surface area contributed by atoms with E-state index in [1.165, 1.54) is 28.4 Å². The van der Waals surface area contributed by atoms with Gasteiger partial charge in [0.25, 0.3) is 0 Å². The maximum Gasteiger partial charge on any atom is 0.243 e. The van der Waals surface area contributed by atoms with Crippen LogP contribution >= 0.6 is 11.3 Å². The largest absolute Gasteiger partial charge is 0.350 e. The van der Waals surface area contributed by atoms with E-state index in [1.54, 1.807) is 18.2 Å². The smallest absolute Gasteiger partial charge is 0.243 e. The zero-order valence-electron chi connectivity index (χ0n) is 18.6. The van der Waals surface area contributed by atoms with Crippen LogP contribution in [0, 0.1) is 5.92 Å². The monoisotopic (exact) mass is 465 g/mol. The van der Waals surface area contributed by atoms with Gasteiger partial charge < -0.3 is 10.2 Å². The fourth-order valence-electron chi connectivity index (χ4n) is 3.10. The number of amides is 2. The molecule has 0 bridgehead atoms. The fourth-order valence-corrected chi connectivity index (χ4v) is 4.80. The van der Waals surface area contributed by atoms with Crippen molar-refractivity contribution >= 4 is 33.2 Å². The molecule has 1 aromatic heterocycles. The number of thiophene rings is 1. The van der Waals surface area contributed by atoms with Crippen molar-refractivity contribution in [3.05, 3.63) is 52.7 Å². The molecule has 170 valence electrons. The first-order valence-electron chi connectivity index (χ1n) is 10.1. The molecule has 0 fully saturated rings. The van der Waals surface area contributed by atoms with Crippen LogP contribution in [0.2, 0.25) is 0 Å². The lowest BCUT2D eigenvalue weighted by atomic mass is 9.99. The number of hydrogen-bond donors (Lipinski definition) is 2. The van der Waals surface area contributed by atoms with E-state index in [0.717, 1.165) is 4.88 Å². The molecule has 0 unspecified atom stereocenters. The topological polar surface area (TPSA) is 95.6 Å². The standard InChI is InChI=1S/C22H31N3O4S2/c1-16(2)20(21(27)24-22(3,4)5)25(15-17-10-9-13-30-17)19(26)14-23-31(28,29)18-11-7-6-8-12-18/h6-13,16,20,23H,14-15H2,1-5H3,(H,24,27)/t20-/m1/s1. The minimum absolute atomic E-state index is 0.0819. The first-order valence-corrected chi connectivity index (χ1v) is 12.5. The van der Waals surface area contributed by atoms with E-state index in [1.807, 2.05) is 52.1 Å².